The molecule has 0 bridgehead atoms. The summed E-state index contributed by atoms with van der Waals surface area (Å²) in [4.78, 5) is 0. The van der Waals surface area contributed by atoms with Crippen LogP contribution in [-0.2, 0) is 0 Å². The van der Waals surface area contributed by atoms with Crippen LogP contribution in [0.5, 0.6) is 0 Å². The third-order valence-electron chi connectivity index (χ3n) is 5.84. The lowest BCUT2D eigenvalue weighted by Gasteiger charge is -2.25. The monoisotopic (exact) mass is 380 g/mol. The van der Waals surface area contributed by atoms with Crippen molar-refractivity contribution in [1.29, 1.82) is 0 Å². The number of benzene rings is 1. The van der Waals surface area contributed by atoms with Gasteiger partial charge in [-0.05, 0) is 53.0 Å². The summed E-state index contributed by atoms with van der Waals surface area (Å²) in [6.07, 6.45) is 13.6. The summed E-state index contributed by atoms with van der Waals surface area (Å²) < 4.78 is 6.07. The summed E-state index contributed by atoms with van der Waals surface area (Å²) in [7, 11) is 0. The minimum atomic E-state index is 0.215. The molecule has 1 fully saturated rings. The van der Waals surface area contributed by atoms with Gasteiger partial charge in [0, 0.05) is 11.1 Å². The van der Waals surface area contributed by atoms with Crippen molar-refractivity contribution in [2.45, 2.75) is 27.2 Å². The lowest BCUT2D eigenvalue weighted by Crippen LogP contribution is -2.13. The third kappa shape index (κ3) is 3.39. The van der Waals surface area contributed by atoms with Crippen molar-refractivity contribution in [3.05, 3.63) is 95.4 Å². The first-order valence-corrected chi connectivity index (χ1v) is 10.2. The largest absolute Gasteiger partial charge is 0.416 e. The molecule has 144 valence electrons. The van der Waals surface area contributed by atoms with Gasteiger partial charge in [0.05, 0.1) is 0 Å². The molecule has 0 N–H and O–H groups in total. The molecule has 2 unspecified atom stereocenters. The van der Waals surface area contributed by atoms with E-state index in [-0.39, 0.29) is 5.41 Å². The Kier molecular flexibility index (Phi) is 4.15. The number of allylic oxidation sites excluding steroid dienone is 9. The zero-order valence-electron chi connectivity index (χ0n) is 17.0. The molecule has 0 radical (unpaired) electrons. The minimum Gasteiger partial charge on any atom is -0.416 e. The molecule has 29 heavy (non-hydrogen) atoms. The molecule has 5 rings (SSSR count). The van der Waals surface area contributed by atoms with Gasteiger partial charge >= 0.3 is 0 Å². The zero-order valence-corrected chi connectivity index (χ0v) is 17.0. The average molecular weight is 380 g/mol. The highest BCUT2D eigenvalue weighted by Crippen LogP contribution is 2.58. The van der Waals surface area contributed by atoms with E-state index in [0.29, 0.717) is 23.6 Å². The van der Waals surface area contributed by atoms with E-state index >= 15 is 0 Å². The van der Waals surface area contributed by atoms with Crippen molar-refractivity contribution in [1.82, 2.24) is 10.2 Å². The van der Waals surface area contributed by atoms with E-state index in [4.69, 9.17) is 4.42 Å². The summed E-state index contributed by atoms with van der Waals surface area (Å²) in [6.45, 7) is 6.86. The van der Waals surface area contributed by atoms with Gasteiger partial charge < -0.3 is 4.42 Å². The van der Waals surface area contributed by atoms with Crippen LogP contribution in [0.15, 0.2) is 82.5 Å². The van der Waals surface area contributed by atoms with E-state index in [9.17, 15) is 0 Å². The molecule has 3 aliphatic rings. The van der Waals surface area contributed by atoms with Crippen LogP contribution in [0.25, 0.3) is 16.7 Å². The Morgan fingerprint density at radius 2 is 1.59 bits per heavy atom. The standard InChI is InChI=1S/C26H24N2O/c1-26(2,3)23-15-14-20(21-16-22(21)23)25-28-27-24(29-25)19-11-7-10-18(12-13-19)17-8-5-4-6-9-17/h4-6,8-15,21-22H,16H2,1-3H3. The summed E-state index contributed by atoms with van der Waals surface area (Å²) >= 11 is 0. The van der Waals surface area contributed by atoms with Crippen molar-refractivity contribution >= 4 is 16.7 Å². The Morgan fingerprint density at radius 3 is 2.38 bits per heavy atom. The van der Waals surface area contributed by atoms with E-state index in [0.717, 1.165) is 16.7 Å². The molecular formula is C26H24N2O. The number of nitrogens with zero attached hydrogens (tertiary/aromatic N) is 2. The first-order valence-electron chi connectivity index (χ1n) is 10.2. The van der Waals surface area contributed by atoms with E-state index in [1.165, 1.54) is 17.6 Å². The number of rotatable bonds is 3. The molecule has 1 saturated carbocycles. The molecule has 3 nitrogen and oxygen atoms in total. The van der Waals surface area contributed by atoms with Crippen LogP contribution in [0.1, 0.15) is 44.5 Å². The fraction of sp³-hybridized carbons (Fsp3) is 0.269. The summed E-state index contributed by atoms with van der Waals surface area (Å²) in [5, 5.41) is 8.67. The summed E-state index contributed by atoms with van der Waals surface area (Å²) in [5.74, 6) is 2.33. The number of aromatic nitrogens is 2. The summed E-state index contributed by atoms with van der Waals surface area (Å²) in [5.41, 5.74) is 9.29. The van der Waals surface area contributed by atoms with Gasteiger partial charge in [-0.2, -0.15) is 0 Å². The molecule has 0 spiro atoms. The van der Waals surface area contributed by atoms with Gasteiger partial charge in [0.2, 0.25) is 11.8 Å². The Labute approximate surface area is 171 Å². The van der Waals surface area contributed by atoms with Crippen LogP contribution in [0.4, 0.5) is 0 Å². The fourth-order valence-corrected chi connectivity index (χ4v) is 4.24. The fourth-order valence-electron chi connectivity index (χ4n) is 4.24. The quantitative estimate of drug-likeness (QED) is 0.589. The van der Waals surface area contributed by atoms with Gasteiger partial charge in [0.25, 0.3) is 0 Å². The van der Waals surface area contributed by atoms with Gasteiger partial charge in [-0.25, -0.2) is 0 Å². The van der Waals surface area contributed by atoms with Crippen molar-refractivity contribution in [3.63, 3.8) is 0 Å². The average Bonchev–Trinajstić information content (AvgIpc) is 3.43. The first-order chi connectivity index (χ1) is 14.0. The Morgan fingerprint density at radius 1 is 0.862 bits per heavy atom. The van der Waals surface area contributed by atoms with E-state index in [1.54, 1.807) is 0 Å². The van der Waals surface area contributed by atoms with Gasteiger partial charge in [-0.15, -0.1) is 15.9 Å². The maximum Gasteiger partial charge on any atom is 0.248 e. The lowest BCUT2D eigenvalue weighted by atomic mass is 9.80. The number of fused-ring (bicyclic) bond motifs is 1. The van der Waals surface area contributed by atoms with Gasteiger partial charge in [0.1, 0.15) is 0 Å². The molecule has 0 saturated heterocycles. The Balaban J connectivity index is 1.43. The Hall–Kier alpha value is -3.16. The zero-order chi connectivity index (χ0) is 20.0. The van der Waals surface area contributed by atoms with Gasteiger partial charge in [-0.1, -0.05) is 74.9 Å². The predicted octanol–water partition coefficient (Wildman–Crippen LogP) is 6.27. The van der Waals surface area contributed by atoms with Crippen LogP contribution in [-0.4, -0.2) is 10.2 Å². The molecule has 1 aromatic carbocycles. The van der Waals surface area contributed by atoms with Crippen LogP contribution in [0, 0.1) is 17.3 Å². The minimum absolute atomic E-state index is 0.215. The lowest BCUT2D eigenvalue weighted by molar-refractivity contribution is 0.468. The smallest absolute Gasteiger partial charge is 0.248 e. The highest BCUT2D eigenvalue weighted by atomic mass is 16.4. The number of hydrogen-bond acceptors (Lipinski definition) is 3. The van der Waals surface area contributed by atoms with Crippen LogP contribution >= 0.6 is 0 Å². The van der Waals surface area contributed by atoms with Gasteiger partial charge in [-0.3, -0.25) is 0 Å². The van der Waals surface area contributed by atoms with Crippen LogP contribution in [0.3, 0.4) is 0 Å². The number of hydrogen-bond donors (Lipinski definition) is 0. The van der Waals surface area contributed by atoms with E-state index in [1.807, 2.05) is 36.4 Å². The molecule has 3 aliphatic carbocycles. The first kappa shape index (κ1) is 17.9. The van der Waals surface area contributed by atoms with Crippen molar-refractivity contribution in [2.24, 2.45) is 17.3 Å². The van der Waals surface area contributed by atoms with Crippen molar-refractivity contribution in [2.75, 3.05) is 0 Å². The van der Waals surface area contributed by atoms with Gasteiger partial charge in [0.15, 0.2) is 0 Å². The molecule has 1 heterocycles. The van der Waals surface area contributed by atoms with E-state index in [2.05, 4.69) is 67.1 Å². The third-order valence-corrected chi connectivity index (χ3v) is 5.84. The van der Waals surface area contributed by atoms with Crippen LogP contribution in [0.2, 0.25) is 0 Å². The molecule has 2 atom stereocenters. The normalized spacial score (nSPS) is 22.9. The molecule has 0 aliphatic heterocycles. The molecule has 2 aromatic rings. The Bertz CT molecular complexity index is 1140. The maximum absolute atomic E-state index is 6.07. The molecule has 1 aromatic heterocycles. The molecule has 3 heteroatoms. The predicted molar refractivity (Wildman–Crippen MR) is 116 cm³/mol. The molecule has 0 amide bonds. The van der Waals surface area contributed by atoms with E-state index < -0.39 is 0 Å². The topological polar surface area (TPSA) is 38.9 Å². The molecular weight excluding hydrogens is 356 g/mol. The second kappa shape index (κ2) is 6.72. The maximum atomic E-state index is 6.07. The van der Waals surface area contributed by atoms with Crippen molar-refractivity contribution in [3.8, 4) is 0 Å². The highest BCUT2D eigenvalue weighted by molar-refractivity contribution is 5.81. The van der Waals surface area contributed by atoms with Crippen molar-refractivity contribution < 1.29 is 4.42 Å². The second-order valence-electron chi connectivity index (χ2n) is 8.92. The highest BCUT2D eigenvalue weighted by Gasteiger charge is 2.48. The van der Waals surface area contributed by atoms with Crippen LogP contribution < -0.4 is 0 Å². The second-order valence-corrected chi connectivity index (χ2v) is 8.92. The summed E-state index contributed by atoms with van der Waals surface area (Å²) in [6, 6.07) is 10.3. The SMILES string of the molecule is CC(C)(C)C1=CC=C(c2nnc(C3=CC=C(c4ccccc4)C=C=C3)o2)C2CC12.